The fourth-order valence-electron chi connectivity index (χ4n) is 2.45. The van der Waals surface area contributed by atoms with Crippen molar-refractivity contribution in [3.8, 4) is 0 Å². The largest absolute Gasteiger partial charge is 0.444 e. The van der Waals surface area contributed by atoms with E-state index in [0.29, 0.717) is 12.5 Å². The molecule has 4 nitrogen and oxygen atoms in total. The summed E-state index contributed by atoms with van der Waals surface area (Å²) in [5.74, 6) is 0.578. The maximum absolute atomic E-state index is 11.8. The van der Waals surface area contributed by atoms with Crippen molar-refractivity contribution in [3.05, 3.63) is 0 Å². The minimum atomic E-state index is -0.451. The Bertz CT molecular complexity index is 298. The summed E-state index contributed by atoms with van der Waals surface area (Å²) in [6.45, 7) is 16.0. The molecule has 0 heterocycles. The number of rotatable bonds is 9. The van der Waals surface area contributed by atoms with Crippen LogP contribution in [0.25, 0.3) is 0 Å². The van der Waals surface area contributed by atoms with Gasteiger partial charge in [-0.2, -0.15) is 0 Å². The van der Waals surface area contributed by atoms with Crippen molar-refractivity contribution in [3.63, 3.8) is 0 Å². The zero-order chi connectivity index (χ0) is 16.5. The molecule has 0 fully saturated rings. The van der Waals surface area contributed by atoms with Gasteiger partial charge in [0, 0.05) is 12.1 Å². The Hall–Kier alpha value is -0.770. The first-order chi connectivity index (χ1) is 9.58. The Balaban J connectivity index is 4.36. The molecule has 0 aliphatic heterocycles. The van der Waals surface area contributed by atoms with Gasteiger partial charge < -0.3 is 15.4 Å². The van der Waals surface area contributed by atoms with Crippen molar-refractivity contribution < 1.29 is 9.53 Å². The highest BCUT2D eigenvalue weighted by molar-refractivity contribution is 5.67. The molecule has 0 saturated heterocycles. The standard InChI is InChI=1S/C17H36N2O2/c1-8-9-10-11-19-17(7,12-14(2)3)13-18-15(20)21-16(4,5)6/h14,19H,8-13H2,1-7H3,(H,18,20). The van der Waals surface area contributed by atoms with E-state index in [1.807, 2.05) is 20.8 Å². The van der Waals surface area contributed by atoms with E-state index >= 15 is 0 Å². The van der Waals surface area contributed by atoms with Gasteiger partial charge in [-0.25, -0.2) is 4.79 Å². The van der Waals surface area contributed by atoms with E-state index in [-0.39, 0.29) is 11.6 Å². The molecule has 0 aromatic heterocycles. The molecule has 1 atom stereocenters. The zero-order valence-electron chi connectivity index (χ0n) is 15.1. The van der Waals surface area contributed by atoms with Crippen molar-refractivity contribution in [2.45, 2.75) is 85.3 Å². The number of carbonyl (C=O) groups is 1. The quantitative estimate of drug-likeness (QED) is 0.630. The SMILES string of the molecule is CCCCCNC(C)(CNC(=O)OC(C)(C)C)CC(C)C. The fourth-order valence-corrected chi connectivity index (χ4v) is 2.45. The summed E-state index contributed by atoms with van der Waals surface area (Å²) in [7, 11) is 0. The van der Waals surface area contributed by atoms with Crippen molar-refractivity contribution in [2.75, 3.05) is 13.1 Å². The van der Waals surface area contributed by atoms with Crippen LogP contribution >= 0.6 is 0 Å². The van der Waals surface area contributed by atoms with Crippen molar-refractivity contribution in [1.82, 2.24) is 10.6 Å². The number of alkyl carbamates (subject to hydrolysis) is 1. The van der Waals surface area contributed by atoms with E-state index in [4.69, 9.17) is 4.74 Å². The molecule has 21 heavy (non-hydrogen) atoms. The van der Waals surface area contributed by atoms with Crippen LogP contribution in [-0.2, 0) is 4.74 Å². The number of ether oxygens (including phenoxy) is 1. The molecule has 0 aliphatic rings. The Kier molecular flexibility index (Phi) is 8.95. The lowest BCUT2D eigenvalue weighted by Gasteiger charge is -2.33. The highest BCUT2D eigenvalue weighted by atomic mass is 16.6. The summed E-state index contributed by atoms with van der Waals surface area (Å²) in [5.41, 5.74) is -0.536. The van der Waals surface area contributed by atoms with Gasteiger partial charge in [-0.3, -0.25) is 0 Å². The summed E-state index contributed by atoms with van der Waals surface area (Å²) in [6, 6.07) is 0. The summed E-state index contributed by atoms with van der Waals surface area (Å²) in [6.07, 6.45) is 4.32. The second-order valence-electron chi connectivity index (χ2n) is 7.65. The predicted octanol–water partition coefficient (Wildman–Crippen LogP) is 4.10. The molecule has 0 rings (SSSR count). The van der Waals surface area contributed by atoms with Crippen LogP contribution in [0.5, 0.6) is 0 Å². The Labute approximate surface area is 131 Å². The summed E-state index contributed by atoms with van der Waals surface area (Å²) < 4.78 is 5.30. The van der Waals surface area contributed by atoms with Gasteiger partial charge in [-0.05, 0) is 53.0 Å². The normalized spacial score (nSPS) is 14.9. The molecule has 0 aromatic carbocycles. The third-order valence-corrected chi connectivity index (χ3v) is 3.21. The van der Waals surface area contributed by atoms with Crippen LogP contribution < -0.4 is 10.6 Å². The van der Waals surface area contributed by atoms with Crippen LogP contribution in [0.1, 0.15) is 74.1 Å². The van der Waals surface area contributed by atoms with Crippen LogP contribution in [0.2, 0.25) is 0 Å². The van der Waals surface area contributed by atoms with Gasteiger partial charge in [-0.1, -0.05) is 33.6 Å². The topological polar surface area (TPSA) is 50.4 Å². The molecule has 0 spiro atoms. The maximum atomic E-state index is 11.8. The average molecular weight is 300 g/mol. The van der Waals surface area contributed by atoms with Crippen molar-refractivity contribution in [2.24, 2.45) is 5.92 Å². The molecule has 1 amide bonds. The number of amides is 1. The highest BCUT2D eigenvalue weighted by Gasteiger charge is 2.26. The lowest BCUT2D eigenvalue weighted by molar-refractivity contribution is 0.0507. The van der Waals surface area contributed by atoms with Gasteiger partial charge in [0.25, 0.3) is 0 Å². The summed E-state index contributed by atoms with van der Waals surface area (Å²) >= 11 is 0. The zero-order valence-corrected chi connectivity index (χ0v) is 15.1. The number of hydrogen-bond donors (Lipinski definition) is 2. The first-order valence-corrected chi connectivity index (χ1v) is 8.30. The number of unbranched alkanes of at least 4 members (excludes halogenated alkanes) is 2. The highest BCUT2D eigenvalue weighted by Crippen LogP contribution is 2.16. The molecule has 0 radical (unpaired) electrons. The molecular formula is C17H36N2O2. The van der Waals surface area contributed by atoms with E-state index in [9.17, 15) is 4.79 Å². The molecular weight excluding hydrogens is 264 g/mol. The molecule has 0 saturated carbocycles. The number of carbonyl (C=O) groups excluding carboxylic acids is 1. The second-order valence-corrected chi connectivity index (χ2v) is 7.65. The third kappa shape index (κ3) is 11.6. The number of nitrogens with one attached hydrogen (secondary N) is 2. The molecule has 2 N–H and O–H groups in total. The van der Waals surface area contributed by atoms with E-state index in [2.05, 4.69) is 38.3 Å². The van der Waals surface area contributed by atoms with E-state index in [1.165, 1.54) is 19.3 Å². The summed E-state index contributed by atoms with van der Waals surface area (Å²) in [5, 5.41) is 6.51. The molecule has 126 valence electrons. The van der Waals surface area contributed by atoms with Gasteiger partial charge in [-0.15, -0.1) is 0 Å². The molecule has 0 bridgehead atoms. The molecule has 0 aliphatic carbocycles. The van der Waals surface area contributed by atoms with Crippen molar-refractivity contribution >= 4 is 6.09 Å². The Morgan fingerprint density at radius 3 is 2.24 bits per heavy atom. The molecule has 0 aromatic rings. The minimum Gasteiger partial charge on any atom is -0.444 e. The maximum Gasteiger partial charge on any atom is 0.407 e. The van der Waals surface area contributed by atoms with E-state index < -0.39 is 5.60 Å². The second kappa shape index (κ2) is 9.29. The van der Waals surface area contributed by atoms with Crippen LogP contribution in [0.4, 0.5) is 4.79 Å². The van der Waals surface area contributed by atoms with Crippen LogP contribution in [0, 0.1) is 5.92 Å². The molecule has 1 unspecified atom stereocenters. The predicted molar refractivity (Wildman–Crippen MR) is 89.6 cm³/mol. The fraction of sp³-hybridized carbons (Fsp3) is 0.941. The molecule has 4 heteroatoms. The first kappa shape index (κ1) is 20.2. The van der Waals surface area contributed by atoms with Crippen LogP contribution in [0.15, 0.2) is 0 Å². The van der Waals surface area contributed by atoms with Crippen LogP contribution in [-0.4, -0.2) is 30.3 Å². The van der Waals surface area contributed by atoms with Crippen LogP contribution in [0.3, 0.4) is 0 Å². The van der Waals surface area contributed by atoms with Gasteiger partial charge in [0.2, 0.25) is 0 Å². The van der Waals surface area contributed by atoms with Gasteiger partial charge in [0.1, 0.15) is 5.60 Å². The van der Waals surface area contributed by atoms with Gasteiger partial charge in [0.05, 0.1) is 0 Å². The lowest BCUT2D eigenvalue weighted by Crippen LogP contribution is -2.53. The summed E-state index contributed by atoms with van der Waals surface area (Å²) in [4.78, 5) is 11.8. The van der Waals surface area contributed by atoms with Crippen molar-refractivity contribution in [1.29, 1.82) is 0 Å². The van der Waals surface area contributed by atoms with E-state index in [0.717, 1.165) is 13.0 Å². The Morgan fingerprint density at radius 2 is 1.76 bits per heavy atom. The Morgan fingerprint density at radius 1 is 1.14 bits per heavy atom. The smallest absolute Gasteiger partial charge is 0.407 e. The average Bonchev–Trinajstić information content (AvgIpc) is 2.29. The van der Waals surface area contributed by atoms with Gasteiger partial charge >= 0.3 is 6.09 Å². The third-order valence-electron chi connectivity index (χ3n) is 3.21. The number of hydrogen-bond acceptors (Lipinski definition) is 3. The first-order valence-electron chi connectivity index (χ1n) is 8.30. The monoisotopic (exact) mass is 300 g/mol. The van der Waals surface area contributed by atoms with Gasteiger partial charge in [0.15, 0.2) is 0 Å². The lowest BCUT2D eigenvalue weighted by atomic mass is 9.90. The minimum absolute atomic E-state index is 0.0845. The van der Waals surface area contributed by atoms with E-state index in [1.54, 1.807) is 0 Å².